The van der Waals surface area contributed by atoms with Crippen LogP contribution in [0, 0.1) is 12.7 Å². The molecular formula is C16H15BrClFO2. The summed E-state index contributed by atoms with van der Waals surface area (Å²) in [5, 5.41) is -0.475. The van der Waals surface area contributed by atoms with Crippen LogP contribution in [0.3, 0.4) is 0 Å². The second-order valence-electron chi connectivity index (χ2n) is 4.63. The molecule has 0 saturated heterocycles. The van der Waals surface area contributed by atoms with Gasteiger partial charge in [-0.25, -0.2) is 4.39 Å². The maximum Gasteiger partial charge on any atom is 0.161 e. The number of ether oxygens (including phenoxy) is 2. The summed E-state index contributed by atoms with van der Waals surface area (Å²) in [6, 6.07) is 8.31. The van der Waals surface area contributed by atoms with Gasteiger partial charge in [-0.2, -0.15) is 0 Å². The molecule has 0 heterocycles. The van der Waals surface area contributed by atoms with Gasteiger partial charge in [0.2, 0.25) is 0 Å². The molecular weight excluding hydrogens is 359 g/mol. The molecule has 0 N–H and O–H groups in total. The van der Waals surface area contributed by atoms with E-state index in [9.17, 15) is 4.39 Å². The molecule has 0 aliphatic heterocycles. The zero-order valence-electron chi connectivity index (χ0n) is 11.9. The minimum atomic E-state index is -0.475. The molecule has 1 unspecified atom stereocenters. The topological polar surface area (TPSA) is 18.5 Å². The predicted octanol–water partition coefficient (Wildman–Crippen LogP) is 5.24. The fourth-order valence-electron chi connectivity index (χ4n) is 2.17. The fourth-order valence-corrected chi connectivity index (χ4v) is 3.01. The Bertz CT molecular complexity index is 641. The Morgan fingerprint density at radius 2 is 1.67 bits per heavy atom. The number of aryl methyl sites for hydroxylation is 1. The molecule has 2 aromatic carbocycles. The van der Waals surface area contributed by atoms with Gasteiger partial charge in [-0.05, 0) is 53.9 Å². The summed E-state index contributed by atoms with van der Waals surface area (Å²) in [5.41, 5.74) is 2.48. The first-order valence-electron chi connectivity index (χ1n) is 6.29. The molecule has 0 fully saturated rings. The third-order valence-electron chi connectivity index (χ3n) is 3.22. The Morgan fingerprint density at radius 3 is 2.24 bits per heavy atom. The molecule has 1 atom stereocenters. The zero-order valence-corrected chi connectivity index (χ0v) is 14.3. The molecule has 0 aliphatic carbocycles. The number of benzene rings is 2. The summed E-state index contributed by atoms with van der Waals surface area (Å²) in [6.07, 6.45) is 0. The van der Waals surface area contributed by atoms with Crippen LogP contribution in [0.5, 0.6) is 11.5 Å². The Kier molecular flexibility index (Phi) is 5.12. The number of hydrogen-bond acceptors (Lipinski definition) is 2. The van der Waals surface area contributed by atoms with Crippen LogP contribution in [0.4, 0.5) is 4.39 Å². The lowest BCUT2D eigenvalue weighted by Gasteiger charge is -2.17. The third-order valence-corrected chi connectivity index (χ3v) is 4.17. The average Bonchev–Trinajstić information content (AvgIpc) is 2.45. The SMILES string of the molecule is COc1cc(C)c(C(Cl)c2cc(F)cc(Br)c2)cc1OC. The van der Waals surface area contributed by atoms with Gasteiger partial charge < -0.3 is 9.47 Å². The van der Waals surface area contributed by atoms with E-state index >= 15 is 0 Å². The molecule has 2 rings (SSSR count). The van der Waals surface area contributed by atoms with E-state index in [1.54, 1.807) is 20.3 Å². The van der Waals surface area contributed by atoms with Gasteiger partial charge in [0.05, 0.1) is 19.6 Å². The number of hydrogen-bond donors (Lipinski definition) is 0. The largest absolute Gasteiger partial charge is 0.493 e. The Balaban J connectivity index is 2.49. The first-order chi connectivity index (χ1) is 9.96. The molecule has 21 heavy (non-hydrogen) atoms. The van der Waals surface area contributed by atoms with E-state index in [0.29, 0.717) is 21.5 Å². The smallest absolute Gasteiger partial charge is 0.161 e. The molecule has 0 saturated carbocycles. The van der Waals surface area contributed by atoms with E-state index in [2.05, 4.69) is 15.9 Å². The van der Waals surface area contributed by atoms with Crippen LogP contribution >= 0.6 is 27.5 Å². The summed E-state index contributed by atoms with van der Waals surface area (Å²) in [5.74, 6) is 0.908. The van der Waals surface area contributed by atoms with Crippen LogP contribution in [-0.2, 0) is 0 Å². The van der Waals surface area contributed by atoms with Gasteiger partial charge in [-0.1, -0.05) is 15.9 Å². The number of methoxy groups -OCH3 is 2. The highest BCUT2D eigenvalue weighted by molar-refractivity contribution is 9.10. The van der Waals surface area contributed by atoms with E-state index < -0.39 is 5.38 Å². The molecule has 0 amide bonds. The molecule has 0 aliphatic rings. The van der Waals surface area contributed by atoms with Crippen molar-refractivity contribution < 1.29 is 13.9 Å². The predicted molar refractivity (Wildman–Crippen MR) is 86.1 cm³/mol. The lowest BCUT2D eigenvalue weighted by molar-refractivity contribution is 0.354. The van der Waals surface area contributed by atoms with Crippen molar-refractivity contribution in [3.63, 3.8) is 0 Å². The van der Waals surface area contributed by atoms with Crippen LogP contribution in [0.1, 0.15) is 22.1 Å². The zero-order chi connectivity index (χ0) is 15.6. The number of alkyl halides is 1. The van der Waals surface area contributed by atoms with Gasteiger partial charge in [0.25, 0.3) is 0 Å². The summed E-state index contributed by atoms with van der Waals surface area (Å²) >= 11 is 9.80. The average molecular weight is 374 g/mol. The van der Waals surface area contributed by atoms with Gasteiger partial charge in [0.1, 0.15) is 5.82 Å². The fraction of sp³-hybridized carbons (Fsp3) is 0.250. The Labute approximate surface area is 137 Å². The van der Waals surface area contributed by atoms with E-state index in [1.807, 2.05) is 19.1 Å². The van der Waals surface area contributed by atoms with E-state index in [4.69, 9.17) is 21.1 Å². The lowest BCUT2D eigenvalue weighted by Crippen LogP contribution is -2.00. The summed E-state index contributed by atoms with van der Waals surface area (Å²) in [4.78, 5) is 0. The highest BCUT2D eigenvalue weighted by Crippen LogP contribution is 2.38. The van der Waals surface area contributed by atoms with Crippen molar-refractivity contribution in [2.45, 2.75) is 12.3 Å². The molecule has 2 nitrogen and oxygen atoms in total. The minimum Gasteiger partial charge on any atom is -0.493 e. The second-order valence-corrected chi connectivity index (χ2v) is 5.98. The van der Waals surface area contributed by atoms with Crippen LogP contribution in [0.25, 0.3) is 0 Å². The normalized spacial score (nSPS) is 12.1. The molecule has 0 bridgehead atoms. The quantitative estimate of drug-likeness (QED) is 0.682. The first kappa shape index (κ1) is 16.1. The standard InChI is InChI=1S/C16H15BrClFO2/c1-9-4-14(20-2)15(21-3)8-13(9)16(18)10-5-11(17)7-12(19)6-10/h4-8,16H,1-3H3. The van der Waals surface area contributed by atoms with Gasteiger partial charge in [-0.15, -0.1) is 11.6 Å². The van der Waals surface area contributed by atoms with Crippen molar-refractivity contribution in [3.05, 3.63) is 57.3 Å². The minimum absolute atomic E-state index is 0.330. The summed E-state index contributed by atoms with van der Waals surface area (Å²) in [6.45, 7) is 1.93. The van der Waals surface area contributed by atoms with Crippen LogP contribution in [0.15, 0.2) is 34.8 Å². The van der Waals surface area contributed by atoms with Gasteiger partial charge in [-0.3, -0.25) is 0 Å². The molecule has 0 aromatic heterocycles. The van der Waals surface area contributed by atoms with Gasteiger partial charge >= 0.3 is 0 Å². The van der Waals surface area contributed by atoms with Crippen molar-refractivity contribution in [1.82, 2.24) is 0 Å². The van der Waals surface area contributed by atoms with E-state index in [-0.39, 0.29) is 5.82 Å². The van der Waals surface area contributed by atoms with Gasteiger partial charge in [0, 0.05) is 4.47 Å². The van der Waals surface area contributed by atoms with Crippen LogP contribution < -0.4 is 9.47 Å². The number of rotatable bonds is 4. The Morgan fingerprint density at radius 1 is 1.05 bits per heavy atom. The van der Waals surface area contributed by atoms with Gasteiger partial charge in [0.15, 0.2) is 11.5 Å². The Hall–Kier alpha value is -1.26. The molecule has 5 heteroatoms. The summed E-state index contributed by atoms with van der Waals surface area (Å²) < 4.78 is 24.7. The van der Waals surface area contributed by atoms with Crippen molar-refractivity contribution >= 4 is 27.5 Å². The van der Waals surface area contributed by atoms with Crippen molar-refractivity contribution in [3.8, 4) is 11.5 Å². The molecule has 0 spiro atoms. The van der Waals surface area contributed by atoms with Crippen molar-refractivity contribution in [2.75, 3.05) is 14.2 Å². The van der Waals surface area contributed by atoms with Crippen molar-refractivity contribution in [1.29, 1.82) is 0 Å². The highest BCUT2D eigenvalue weighted by atomic mass is 79.9. The van der Waals surface area contributed by atoms with Crippen LogP contribution in [-0.4, -0.2) is 14.2 Å². The first-order valence-corrected chi connectivity index (χ1v) is 7.51. The monoisotopic (exact) mass is 372 g/mol. The molecule has 0 radical (unpaired) electrons. The third kappa shape index (κ3) is 3.50. The lowest BCUT2D eigenvalue weighted by atomic mass is 9.99. The highest BCUT2D eigenvalue weighted by Gasteiger charge is 2.18. The molecule has 112 valence electrons. The number of halogens is 3. The van der Waals surface area contributed by atoms with E-state index in [0.717, 1.165) is 11.1 Å². The van der Waals surface area contributed by atoms with E-state index in [1.165, 1.54) is 12.1 Å². The molecule has 2 aromatic rings. The second kappa shape index (κ2) is 6.67. The maximum absolute atomic E-state index is 13.5. The summed E-state index contributed by atoms with van der Waals surface area (Å²) in [7, 11) is 3.15. The van der Waals surface area contributed by atoms with Crippen molar-refractivity contribution in [2.24, 2.45) is 0 Å². The maximum atomic E-state index is 13.5. The van der Waals surface area contributed by atoms with Crippen LogP contribution in [0.2, 0.25) is 0 Å².